The van der Waals surface area contributed by atoms with Crippen molar-refractivity contribution >= 4 is 17.9 Å². The normalized spacial score (nSPS) is 12.2. The Bertz CT molecular complexity index is 1090. The summed E-state index contributed by atoms with van der Waals surface area (Å²) in [4.78, 5) is 38.1. The molecular formula is C59H108O6. The van der Waals surface area contributed by atoms with Gasteiger partial charge in [0.05, 0.1) is 0 Å². The second kappa shape index (κ2) is 54.2. The van der Waals surface area contributed by atoms with E-state index in [1.807, 2.05) is 0 Å². The fourth-order valence-corrected chi connectivity index (χ4v) is 8.29. The van der Waals surface area contributed by atoms with Crippen molar-refractivity contribution in [3.63, 3.8) is 0 Å². The Morgan fingerprint density at radius 1 is 0.308 bits per heavy atom. The van der Waals surface area contributed by atoms with Crippen molar-refractivity contribution in [3.8, 4) is 0 Å². The van der Waals surface area contributed by atoms with Gasteiger partial charge in [0.1, 0.15) is 13.2 Å². The van der Waals surface area contributed by atoms with E-state index in [0.29, 0.717) is 19.3 Å². The van der Waals surface area contributed by atoms with Crippen molar-refractivity contribution < 1.29 is 28.6 Å². The second-order valence-corrected chi connectivity index (χ2v) is 19.2. The molecule has 0 saturated heterocycles. The van der Waals surface area contributed by atoms with Gasteiger partial charge in [-0.25, -0.2) is 0 Å². The number of carbonyl (C=O) groups excluding carboxylic acids is 3. The lowest BCUT2D eigenvalue weighted by Gasteiger charge is -2.18. The van der Waals surface area contributed by atoms with Crippen LogP contribution in [0.1, 0.15) is 303 Å². The topological polar surface area (TPSA) is 78.9 Å². The zero-order valence-electron chi connectivity index (χ0n) is 43.5. The fraction of sp³-hybridized carbons (Fsp3) is 0.847. The van der Waals surface area contributed by atoms with Crippen LogP contribution in [0.5, 0.6) is 0 Å². The Morgan fingerprint density at radius 2 is 0.554 bits per heavy atom. The lowest BCUT2D eigenvalue weighted by Crippen LogP contribution is -2.30. The third-order valence-corrected chi connectivity index (χ3v) is 12.6. The molecule has 0 aromatic heterocycles. The number of carbonyl (C=O) groups is 3. The minimum Gasteiger partial charge on any atom is -0.462 e. The van der Waals surface area contributed by atoms with Crippen molar-refractivity contribution in [2.24, 2.45) is 0 Å². The highest BCUT2D eigenvalue weighted by molar-refractivity contribution is 5.71. The van der Waals surface area contributed by atoms with E-state index in [1.165, 1.54) is 199 Å². The van der Waals surface area contributed by atoms with E-state index in [9.17, 15) is 14.4 Å². The fourth-order valence-electron chi connectivity index (χ4n) is 8.29. The van der Waals surface area contributed by atoms with Gasteiger partial charge in [0.2, 0.25) is 0 Å². The molecule has 0 aliphatic rings. The van der Waals surface area contributed by atoms with Crippen LogP contribution in [0.4, 0.5) is 0 Å². The van der Waals surface area contributed by atoms with E-state index >= 15 is 0 Å². The van der Waals surface area contributed by atoms with E-state index in [-0.39, 0.29) is 31.1 Å². The average molecular weight is 914 g/mol. The van der Waals surface area contributed by atoms with Crippen molar-refractivity contribution in [2.45, 2.75) is 309 Å². The van der Waals surface area contributed by atoms with Crippen LogP contribution in [0.25, 0.3) is 0 Å². The molecule has 6 nitrogen and oxygen atoms in total. The molecule has 0 amide bonds. The van der Waals surface area contributed by atoms with Gasteiger partial charge in [-0.3, -0.25) is 14.4 Å². The Labute approximate surface area is 404 Å². The molecule has 0 fully saturated rings. The van der Waals surface area contributed by atoms with Gasteiger partial charge in [-0.2, -0.15) is 0 Å². The number of rotatable bonds is 52. The largest absolute Gasteiger partial charge is 0.462 e. The predicted molar refractivity (Wildman–Crippen MR) is 279 cm³/mol. The highest BCUT2D eigenvalue weighted by Crippen LogP contribution is 2.16. The van der Waals surface area contributed by atoms with Crippen LogP contribution in [-0.4, -0.2) is 37.2 Å². The Morgan fingerprint density at radius 3 is 0.908 bits per heavy atom. The van der Waals surface area contributed by atoms with Gasteiger partial charge in [0, 0.05) is 19.3 Å². The maximum Gasteiger partial charge on any atom is 0.306 e. The van der Waals surface area contributed by atoms with Crippen LogP contribution < -0.4 is 0 Å². The van der Waals surface area contributed by atoms with Crippen LogP contribution >= 0.6 is 0 Å². The third-order valence-electron chi connectivity index (χ3n) is 12.6. The molecule has 1 atom stereocenters. The molecule has 0 unspecified atom stereocenters. The molecule has 65 heavy (non-hydrogen) atoms. The molecule has 0 aliphatic heterocycles. The summed E-state index contributed by atoms with van der Waals surface area (Å²) in [6.07, 6.45) is 64.1. The van der Waals surface area contributed by atoms with E-state index in [1.54, 1.807) is 0 Å². The lowest BCUT2D eigenvalue weighted by molar-refractivity contribution is -0.167. The van der Waals surface area contributed by atoms with Crippen LogP contribution in [-0.2, 0) is 28.6 Å². The highest BCUT2D eigenvalue weighted by Gasteiger charge is 2.19. The molecule has 0 aromatic carbocycles. The van der Waals surface area contributed by atoms with Gasteiger partial charge >= 0.3 is 17.9 Å². The summed E-state index contributed by atoms with van der Waals surface area (Å²) in [7, 11) is 0. The summed E-state index contributed by atoms with van der Waals surface area (Å²) in [6, 6.07) is 0. The van der Waals surface area contributed by atoms with Gasteiger partial charge in [-0.15, -0.1) is 0 Å². The van der Waals surface area contributed by atoms with Crippen LogP contribution in [0, 0.1) is 0 Å². The maximum atomic E-state index is 12.8. The molecule has 0 rings (SSSR count). The summed E-state index contributed by atoms with van der Waals surface area (Å²) in [5.41, 5.74) is 0. The molecule has 0 radical (unpaired) electrons. The van der Waals surface area contributed by atoms with Crippen molar-refractivity contribution in [1.82, 2.24) is 0 Å². The van der Waals surface area contributed by atoms with Crippen LogP contribution in [0.2, 0.25) is 0 Å². The summed E-state index contributed by atoms with van der Waals surface area (Å²) in [5, 5.41) is 0. The number of unbranched alkanes of at least 4 members (excludes halogenated alkanes) is 35. The highest BCUT2D eigenvalue weighted by atomic mass is 16.6. The van der Waals surface area contributed by atoms with Crippen LogP contribution in [0.3, 0.4) is 0 Å². The van der Waals surface area contributed by atoms with Gasteiger partial charge in [-0.05, 0) is 77.0 Å². The number of ether oxygens (including phenoxy) is 3. The van der Waals surface area contributed by atoms with Gasteiger partial charge in [0.15, 0.2) is 6.10 Å². The number of allylic oxidation sites excluding steroid dienone is 6. The quantitative estimate of drug-likeness (QED) is 0.0262. The average Bonchev–Trinajstić information content (AvgIpc) is 3.30. The van der Waals surface area contributed by atoms with E-state index < -0.39 is 6.10 Å². The Kier molecular flexibility index (Phi) is 52.3. The zero-order chi connectivity index (χ0) is 47.2. The van der Waals surface area contributed by atoms with Gasteiger partial charge in [-0.1, -0.05) is 243 Å². The first kappa shape index (κ1) is 62.6. The first-order chi connectivity index (χ1) is 32.0. The molecule has 380 valence electrons. The van der Waals surface area contributed by atoms with Crippen molar-refractivity contribution in [3.05, 3.63) is 36.5 Å². The Hall–Kier alpha value is -2.37. The van der Waals surface area contributed by atoms with E-state index in [2.05, 4.69) is 57.2 Å². The number of esters is 3. The zero-order valence-corrected chi connectivity index (χ0v) is 43.5. The van der Waals surface area contributed by atoms with E-state index in [4.69, 9.17) is 14.2 Å². The predicted octanol–water partition coefficient (Wildman–Crippen LogP) is 18.9. The maximum absolute atomic E-state index is 12.8. The summed E-state index contributed by atoms with van der Waals surface area (Å²) in [5.74, 6) is -0.865. The molecular weight excluding hydrogens is 805 g/mol. The molecule has 0 saturated carbocycles. The minimum atomic E-state index is -0.772. The third kappa shape index (κ3) is 52.5. The standard InChI is InChI=1S/C59H108O6/c1-4-7-10-13-16-19-22-25-27-28-29-30-32-34-37-40-43-46-49-52-58(61)64-55-56(54-63-57(60)51-48-45-42-39-36-33-24-21-18-15-12-9-6-3)65-59(62)53-50-47-44-41-38-35-31-26-23-20-17-14-11-8-5-2/h16,19-20,23,25,27,56H,4-15,17-18,21-22,24,26,28-55H2,1-3H3/b19-16-,23-20-,27-25-/t56-/m0/s1. The lowest BCUT2D eigenvalue weighted by atomic mass is 10.0. The minimum absolute atomic E-state index is 0.0715. The molecule has 0 aliphatic carbocycles. The number of hydrogen-bond donors (Lipinski definition) is 0. The van der Waals surface area contributed by atoms with Crippen molar-refractivity contribution in [2.75, 3.05) is 13.2 Å². The number of hydrogen-bond acceptors (Lipinski definition) is 6. The van der Waals surface area contributed by atoms with Gasteiger partial charge in [0.25, 0.3) is 0 Å². The second-order valence-electron chi connectivity index (χ2n) is 19.2. The Balaban J connectivity index is 4.33. The SMILES string of the molecule is CCCCC/C=C\C/C=C\CCCCCCCCCCCC(=O)OC[C@H](COC(=O)CCCCCCCCCCCCCCC)OC(=O)CCCCCCCCC/C=C\CCCCCC. The molecule has 0 aromatic rings. The van der Waals surface area contributed by atoms with Crippen molar-refractivity contribution in [1.29, 1.82) is 0 Å². The molecule has 0 bridgehead atoms. The summed E-state index contributed by atoms with van der Waals surface area (Å²) >= 11 is 0. The molecule has 0 spiro atoms. The first-order valence-corrected chi connectivity index (χ1v) is 28.5. The molecule has 6 heteroatoms. The summed E-state index contributed by atoms with van der Waals surface area (Å²) in [6.45, 7) is 6.63. The monoisotopic (exact) mass is 913 g/mol. The first-order valence-electron chi connectivity index (χ1n) is 28.5. The molecule has 0 N–H and O–H groups in total. The molecule has 0 heterocycles. The smallest absolute Gasteiger partial charge is 0.306 e. The van der Waals surface area contributed by atoms with E-state index in [0.717, 1.165) is 64.2 Å². The van der Waals surface area contributed by atoms with Gasteiger partial charge < -0.3 is 14.2 Å². The van der Waals surface area contributed by atoms with Crippen LogP contribution in [0.15, 0.2) is 36.5 Å². The summed E-state index contributed by atoms with van der Waals surface area (Å²) < 4.78 is 16.9.